The molecule has 0 heterocycles. The Bertz CT molecular complexity index is 704. The Hall–Kier alpha value is -2.90. The Morgan fingerprint density at radius 3 is 2.58 bits per heavy atom. The first-order valence-electron chi connectivity index (χ1n) is 8.43. The van der Waals surface area contributed by atoms with Gasteiger partial charge in [0.1, 0.15) is 6.54 Å². The fourth-order valence-electron chi connectivity index (χ4n) is 2.41. The average molecular weight is 361 g/mol. The molecule has 0 aromatic heterocycles. The zero-order valence-corrected chi connectivity index (χ0v) is 14.8. The first-order valence-corrected chi connectivity index (χ1v) is 8.43. The van der Waals surface area contributed by atoms with Gasteiger partial charge in [-0.1, -0.05) is 13.0 Å². The van der Waals surface area contributed by atoms with E-state index in [2.05, 4.69) is 20.7 Å². The molecule has 0 unspecified atom stereocenters. The average Bonchev–Trinajstić information content (AvgIpc) is 3.36. The van der Waals surface area contributed by atoms with Crippen LogP contribution in [-0.4, -0.2) is 43.9 Å². The third-order valence-electron chi connectivity index (χ3n) is 4.13. The van der Waals surface area contributed by atoms with Crippen LogP contribution < -0.4 is 16.0 Å². The highest BCUT2D eigenvalue weighted by Gasteiger charge is 2.38. The van der Waals surface area contributed by atoms with E-state index < -0.39 is 11.9 Å². The topological polar surface area (TPSA) is 114 Å². The van der Waals surface area contributed by atoms with E-state index in [9.17, 15) is 19.2 Å². The quantitative estimate of drug-likeness (QED) is 0.590. The van der Waals surface area contributed by atoms with Gasteiger partial charge >= 0.3 is 5.97 Å². The van der Waals surface area contributed by atoms with Gasteiger partial charge in [0.25, 0.3) is 5.91 Å². The zero-order chi connectivity index (χ0) is 19.1. The molecule has 2 rings (SSSR count). The SMILES string of the molecule is COC(=O)CNC(=O)c1cccc(NC(=O)CCNC(=O)[C@H]2C[C@@H]2C)c1. The Labute approximate surface area is 151 Å². The number of amides is 3. The van der Waals surface area contributed by atoms with Crippen LogP contribution in [0.25, 0.3) is 0 Å². The van der Waals surface area contributed by atoms with Crippen LogP contribution in [0.4, 0.5) is 5.69 Å². The lowest BCUT2D eigenvalue weighted by molar-refractivity contribution is -0.139. The van der Waals surface area contributed by atoms with Crippen LogP contribution in [0.5, 0.6) is 0 Å². The fourth-order valence-corrected chi connectivity index (χ4v) is 2.41. The van der Waals surface area contributed by atoms with Crippen LogP contribution in [-0.2, 0) is 19.1 Å². The van der Waals surface area contributed by atoms with Crippen LogP contribution in [0, 0.1) is 11.8 Å². The first-order chi connectivity index (χ1) is 12.4. The third kappa shape index (κ3) is 5.87. The van der Waals surface area contributed by atoms with Gasteiger partial charge in [-0.25, -0.2) is 0 Å². The molecule has 0 spiro atoms. The second-order valence-corrected chi connectivity index (χ2v) is 6.25. The Morgan fingerprint density at radius 2 is 1.92 bits per heavy atom. The summed E-state index contributed by atoms with van der Waals surface area (Å²) in [7, 11) is 1.23. The predicted molar refractivity (Wildman–Crippen MR) is 94.3 cm³/mol. The molecule has 0 aliphatic heterocycles. The highest BCUT2D eigenvalue weighted by Crippen LogP contribution is 2.37. The van der Waals surface area contributed by atoms with Crippen molar-refractivity contribution in [2.24, 2.45) is 11.8 Å². The van der Waals surface area contributed by atoms with E-state index in [1.165, 1.54) is 13.2 Å². The number of carbonyl (C=O) groups excluding carboxylic acids is 4. The van der Waals surface area contributed by atoms with Crippen molar-refractivity contribution in [3.05, 3.63) is 29.8 Å². The Kier molecular flexibility index (Phi) is 6.71. The lowest BCUT2D eigenvalue weighted by atomic mass is 10.2. The molecule has 3 N–H and O–H groups in total. The molecule has 26 heavy (non-hydrogen) atoms. The van der Waals surface area contributed by atoms with E-state index >= 15 is 0 Å². The fraction of sp³-hybridized carbons (Fsp3) is 0.444. The van der Waals surface area contributed by atoms with Crippen molar-refractivity contribution >= 4 is 29.4 Å². The van der Waals surface area contributed by atoms with E-state index in [-0.39, 0.29) is 37.2 Å². The molecule has 1 aromatic rings. The minimum absolute atomic E-state index is 0.00502. The maximum atomic E-state index is 12.0. The van der Waals surface area contributed by atoms with E-state index in [4.69, 9.17) is 0 Å². The molecule has 1 saturated carbocycles. The number of hydrogen-bond acceptors (Lipinski definition) is 5. The second kappa shape index (κ2) is 8.98. The maximum absolute atomic E-state index is 12.0. The third-order valence-corrected chi connectivity index (χ3v) is 4.13. The van der Waals surface area contributed by atoms with E-state index in [0.717, 1.165) is 6.42 Å². The van der Waals surface area contributed by atoms with E-state index in [0.29, 0.717) is 17.2 Å². The van der Waals surface area contributed by atoms with Crippen molar-refractivity contribution in [3.8, 4) is 0 Å². The second-order valence-electron chi connectivity index (χ2n) is 6.25. The zero-order valence-electron chi connectivity index (χ0n) is 14.8. The molecule has 0 saturated heterocycles. The standard InChI is InChI=1S/C18H23N3O5/c1-11-8-14(11)18(25)19-7-6-15(22)21-13-5-3-4-12(9-13)17(24)20-10-16(23)26-2/h3-5,9,11,14H,6-8,10H2,1-2H3,(H,19,25)(H,20,24)(H,21,22)/t11-,14-/m0/s1. The number of hydrogen-bond donors (Lipinski definition) is 3. The number of carbonyl (C=O) groups is 4. The number of methoxy groups -OCH3 is 1. The first kappa shape index (κ1) is 19.4. The molecule has 2 atom stereocenters. The predicted octanol–water partition coefficient (Wildman–Crippen LogP) is 0.690. The van der Waals surface area contributed by atoms with E-state index in [1.54, 1.807) is 18.2 Å². The largest absolute Gasteiger partial charge is 0.468 e. The summed E-state index contributed by atoms with van der Waals surface area (Å²) in [6.07, 6.45) is 1.05. The summed E-state index contributed by atoms with van der Waals surface area (Å²) in [5.41, 5.74) is 0.769. The molecule has 1 aromatic carbocycles. The number of ether oxygens (including phenoxy) is 1. The molecule has 140 valence electrons. The van der Waals surface area contributed by atoms with Crippen molar-refractivity contribution in [1.82, 2.24) is 10.6 Å². The van der Waals surface area contributed by atoms with Gasteiger partial charge < -0.3 is 20.7 Å². The molecule has 0 bridgehead atoms. The van der Waals surface area contributed by atoms with Crippen LogP contribution in [0.2, 0.25) is 0 Å². The van der Waals surface area contributed by atoms with Crippen LogP contribution >= 0.6 is 0 Å². The van der Waals surface area contributed by atoms with Gasteiger partial charge in [-0.05, 0) is 30.5 Å². The minimum Gasteiger partial charge on any atom is -0.468 e. The van der Waals surface area contributed by atoms with Gasteiger partial charge in [0, 0.05) is 30.1 Å². The van der Waals surface area contributed by atoms with Crippen molar-refractivity contribution in [2.75, 3.05) is 25.5 Å². The summed E-state index contributed by atoms with van der Waals surface area (Å²) in [6, 6.07) is 6.35. The van der Waals surface area contributed by atoms with Crippen LogP contribution in [0.1, 0.15) is 30.1 Å². The van der Waals surface area contributed by atoms with Gasteiger partial charge in [0.2, 0.25) is 11.8 Å². The van der Waals surface area contributed by atoms with Crippen molar-refractivity contribution in [2.45, 2.75) is 19.8 Å². The van der Waals surface area contributed by atoms with E-state index in [1.807, 2.05) is 6.92 Å². The summed E-state index contributed by atoms with van der Waals surface area (Å²) in [4.78, 5) is 46.7. The summed E-state index contributed by atoms with van der Waals surface area (Å²) in [5.74, 6) is -0.756. The molecular weight excluding hydrogens is 338 g/mol. The lowest BCUT2D eigenvalue weighted by Gasteiger charge is -2.08. The minimum atomic E-state index is -0.551. The monoisotopic (exact) mass is 361 g/mol. The highest BCUT2D eigenvalue weighted by atomic mass is 16.5. The molecule has 1 aliphatic rings. The summed E-state index contributed by atoms with van der Waals surface area (Å²) in [5, 5.41) is 7.85. The van der Waals surface area contributed by atoms with Gasteiger partial charge in [-0.2, -0.15) is 0 Å². The molecule has 1 aliphatic carbocycles. The number of nitrogens with one attached hydrogen (secondary N) is 3. The van der Waals surface area contributed by atoms with Gasteiger partial charge in [0.15, 0.2) is 0 Å². The number of anilines is 1. The smallest absolute Gasteiger partial charge is 0.325 e. The lowest BCUT2D eigenvalue weighted by Crippen LogP contribution is -2.30. The normalized spacial score (nSPS) is 17.8. The van der Waals surface area contributed by atoms with Crippen LogP contribution in [0.3, 0.4) is 0 Å². The Morgan fingerprint density at radius 1 is 1.19 bits per heavy atom. The van der Waals surface area contributed by atoms with Gasteiger partial charge in [-0.3, -0.25) is 19.2 Å². The van der Waals surface area contributed by atoms with Crippen molar-refractivity contribution in [1.29, 1.82) is 0 Å². The molecule has 3 amide bonds. The molecule has 8 heteroatoms. The highest BCUT2D eigenvalue weighted by molar-refractivity contribution is 5.98. The Balaban J connectivity index is 1.77. The van der Waals surface area contributed by atoms with Crippen molar-refractivity contribution < 1.29 is 23.9 Å². The summed E-state index contributed by atoms with van der Waals surface area (Å²) in [6.45, 7) is 2.06. The van der Waals surface area contributed by atoms with Gasteiger partial charge in [-0.15, -0.1) is 0 Å². The number of rotatable bonds is 8. The molecule has 8 nitrogen and oxygen atoms in total. The molecule has 1 fully saturated rings. The summed E-state index contributed by atoms with van der Waals surface area (Å²) < 4.78 is 4.45. The summed E-state index contributed by atoms with van der Waals surface area (Å²) >= 11 is 0. The molecule has 0 radical (unpaired) electrons. The van der Waals surface area contributed by atoms with Crippen LogP contribution in [0.15, 0.2) is 24.3 Å². The maximum Gasteiger partial charge on any atom is 0.325 e. The molecular formula is C18H23N3O5. The van der Waals surface area contributed by atoms with Crippen molar-refractivity contribution in [3.63, 3.8) is 0 Å². The number of benzene rings is 1. The van der Waals surface area contributed by atoms with Gasteiger partial charge in [0.05, 0.1) is 7.11 Å². The number of esters is 1.